The van der Waals surface area contributed by atoms with E-state index in [0.29, 0.717) is 0 Å². The normalized spacial score (nSPS) is 11.2. The molecule has 10 aromatic rings. The smallest absolute Gasteiger partial charge is 0.0562 e. The van der Waals surface area contributed by atoms with Gasteiger partial charge >= 0.3 is 0 Å². The minimum absolute atomic E-state index is 1.11. The fourth-order valence-corrected chi connectivity index (χ4v) is 8.23. The summed E-state index contributed by atoms with van der Waals surface area (Å²) in [6.07, 6.45) is 0. The summed E-state index contributed by atoms with van der Waals surface area (Å²) < 4.78 is 2.40. The van der Waals surface area contributed by atoms with E-state index in [1.165, 1.54) is 38.5 Å². The highest BCUT2D eigenvalue weighted by atomic mass is 15.2. The Kier molecular flexibility index (Phi) is 8.55. The van der Waals surface area contributed by atoms with E-state index in [2.05, 4.69) is 240 Å². The van der Waals surface area contributed by atoms with Gasteiger partial charge in [-0.15, -0.1) is 0 Å². The molecule has 0 amide bonds. The summed E-state index contributed by atoms with van der Waals surface area (Å²) in [5, 5.41) is 2.41. The first-order chi connectivity index (χ1) is 27.8. The second-order valence-corrected chi connectivity index (χ2v) is 14.1. The molecule has 264 valence electrons. The number of nitrogens with zero attached hydrogens (tertiary/aromatic N) is 2. The van der Waals surface area contributed by atoms with E-state index >= 15 is 0 Å². The molecule has 1 aromatic heterocycles. The molecule has 1 heterocycles. The maximum atomic E-state index is 2.50. The lowest BCUT2D eigenvalue weighted by atomic mass is 9.95. The van der Waals surface area contributed by atoms with Crippen LogP contribution in [-0.4, -0.2) is 4.57 Å². The van der Waals surface area contributed by atoms with Crippen LogP contribution in [0.1, 0.15) is 0 Å². The Hall–Kier alpha value is -7.42. The summed E-state index contributed by atoms with van der Waals surface area (Å²) >= 11 is 0. The first kappa shape index (κ1) is 33.2. The predicted molar refractivity (Wildman–Crippen MR) is 237 cm³/mol. The van der Waals surface area contributed by atoms with Gasteiger partial charge in [-0.3, -0.25) is 0 Å². The van der Waals surface area contributed by atoms with Crippen LogP contribution in [-0.2, 0) is 0 Å². The molecule has 9 aromatic carbocycles. The van der Waals surface area contributed by atoms with Crippen molar-refractivity contribution in [2.45, 2.75) is 0 Å². The van der Waals surface area contributed by atoms with E-state index < -0.39 is 0 Å². The number of hydrogen-bond acceptors (Lipinski definition) is 1. The van der Waals surface area contributed by atoms with Gasteiger partial charge in [0.2, 0.25) is 0 Å². The molecule has 2 nitrogen and oxygen atoms in total. The van der Waals surface area contributed by atoms with Crippen LogP contribution in [0, 0.1) is 0 Å². The summed E-state index contributed by atoms with van der Waals surface area (Å²) in [6.45, 7) is 0. The lowest BCUT2D eigenvalue weighted by molar-refractivity contribution is 1.18. The molecule has 0 saturated carbocycles. The van der Waals surface area contributed by atoms with Gasteiger partial charge in [0.1, 0.15) is 0 Å². The molecule has 0 saturated heterocycles. The van der Waals surface area contributed by atoms with Gasteiger partial charge in [0.25, 0.3) is 0 Å². The van der Waals surface area contributed by atoms with Crippen LogP contribution in [0.4, 0.5) is 17.1 Å². The fraction of sp³-hybridized carbons (Fsp3) is 0. The Balaban J connectivity index is 1.24. The zero-order valence-corrected chi connectivity index (χ0v) is 30.8. The average Bonchev–Trinajstić information content (AvgIpc) is 3.63. The van der Waals surface area contributed by atoms with Gasteiger partial charge in [0.05, 0.1) is 28.1 Å². The fourth-order valence-electron chi connectivity index (χ4n) is 8.23. The van der Waals surface area contributed by atoms with Crippen LogP contribution < -0.4 is 4.90 Å². The standard InChI is InChI=1S/C54H38N2/c1-4-18-39(19-5-1)41-34-36-42(37-35-41)46-26-10-13-29-49(46)56(50-30-14-11-27-47(50)44-23-16-22-43(38-44)40-20-6-2-7-21-40)53-33-17-32-52-54(53)48-28-12-15-31-51(48)55(52)45-24-8-3-9-25-45/h1-38H. The van der Waals surface area contributed by atoms with Crippen molar-refractivity contribution in [3.05, 3.63) is 231 Å². The number of hydrogen-bond donors (Lipinski definition) is 0. The minimum atomic E-state index is 1.11. The Morgan fingerprint density at radius 3 is 1.43 bits per heavy atom. The van der Waals surface area contributed by atoms with Crippen molar-refractivity contribution >= 4 is 38.9 Å². The molecule has 0 fully saturated rings. The third kappa shape index (κ3) is 5.95. The molecule has 0 atom stereocenters. The largest absolute Gasteiger partial charge is 0.309 e. The average molecular weight is 715 g/mol. The molecule has 0 spiro atoms. The Morgan fingerprint density at radius 1 is 0.286 bits per heavy atom. The topological polar surface area (TPSA) is 8.17 Å². The third-order valence-electron chi connectivity index (χ3n) is 10.8. The highest BCUT2D eigenvalue weighted by Crippen LogP contribution is 2.49. The molecular formula is C54H38N2. The van der Waals surface area contributed by atoms with Crippen molar-refractivity contribution < 1.29 is 0 Å². The predicted octanol–water partition coefficient (Wildman–Crippen LogP) is 14.9. The van der Waals surface area contributed by atoms with E-state index in [0.717, 1.165) is 50.5 Å². The maximum absolute atomic E-state index is 2.50. The van der Waals surface area contributed by atoms with Crippen molar-refractivity contribution in [3.63, 3.8) is 0 Å². The Labute approximate surface area is 327 Å². The summed E-state index contributed by atoms with van der Waals surface area (Å²) in [5.41, 5.74) is 16.2. The van der Waals surface area contributed by atoms with Gasteiger partial charge in [0, 0.05) is 27.6 Å². The molecule has 0 N–H and O–H groups in total. The van der Waals surface area contributed by atoms with Crippen LogP contribution in [0.3, 0.4) is 0 Å². The van der Waals surface area contributed by atoms with E-state index in [1.807, 2.05) is 0 Å². The van der Waals surface area contributed by atoms with Crippen molar-refractivity contribution in [1.29, 1.82) is 0 Å². The van der Waals surface area contributed by atoms with Crippen LogP contribution in [0.15, 0.2) is 231 Å². The third-order valence-corrected chi connectivity index (χ3v) is 10.8. The Morgan fingerprint density at radius 2 is 0.732 bits per heavy atom. The molecule has 0 bridgehead atoms. The molecule has 2 heteroatoms. The second kappa shape index (κ2) is 14.4. The van der Waals surface area contributed by atoms with E-state index in [-0.39, 0.29) is 0 Å². The van der Waals surface area contributed by atoms with Gasteiger partial charge in [0.15, 0.2) is 0 Å². The van der Waals surface area contributed by atoms with E-state index in [9.17, 15) is 0 Å². The second-order valence-electron chi connectivity index (χ2n) is 14.1. The van der Waals surface area contributed by atoms with Gasteiger partial charge < -0.3 is 9.47 Å². The molecule has 10 rings (SSSR count). The highest BCUT2D eigenvalue weighted by Gasteiger charge is 2.25. The summed E-state index contributed by atoms with van der Waals surface area (Å²) in [5.74, 6) is 0. The molecule has 0 aliphatic heterocycles. The monoisotopic (exact) mass is 714 g/mol. The van der Waals surface area contributed by atoms with Gasteiger partial charge in [-0.05, 0) is 81.9 Å². The summed E-state index contributed by atoms with van der Waals surface area (Å²) in [7, 11) is 0. The minimum Gasteiger partial charge on any atom is -0.309 e. The number of aromatic nitrogens is 1. The molecule has 0 radical (unpaired) electrons. The quantitative estimate of drug-likeness (QED) is 0.152. The maximum Gasteiger partial charge on any atom is 0.0562 e. The number of anilines is 3. The first-order valence-electron chi connectivity index (χ1n) is 19.2. The van der Waals surface area contributed by atoms with Crippen molar-refractivity contribution in [2.24, 2.45) is 0 Å². The number of rotatable bonds is 8. The molecule has 0 aliphatic carbocycles. The molecule has 0 aliphatic rings. The Bertz CT molecular complexity index is 2940. The van der Waals surface area contributed by atoms with E-state index in [1.54, 1.807) is 0 Å². The zero-order chi connectivity index (χ0) is 37.3. The zero-order valence-electron chi connectivity index (χ0n) is 30.8. The van der Waals surface area contributed by atoms with Gasteiger partial charge in [-0.25, -0.2) is 0 Å². The number of para-hydroxylation sites is 4. The van der Waals surface area contributed by atoms with Crippen molar-refractivity contribution in [1.82, 2.24) is 4.57 Å². The first-order valence-corrected chi connectivity index (χ1v) is 19.2. The van der Waals surface area contributed by atoms with E-state index in [4.69, 9.17) is 0 Å². The van der Waals surface area contributed by atoms with Gasteiger partial charge in [-0.1, -0.05) is 182 Å². The SMILES string of the molecule is c1ccc(-c2ccc(-c3ccccc3N(c3ccccc3-c3cccc(-c4ccccc4)c3)c3cccc4c3c3ccccc3n4-c3ccccc3)cc2)cc1. The molecular weight excluding hydrogens is 677 g/mol. The number of benzene rings is 9. The van der Waals surface area contributed by atoms with Crippen LogP contribution in [0.25, 0.3) is 72.0 Å². The lowest BCUT2D eigenvalue weighted by Gasteiger charge is -2.30. The van der Waals surface area contributed by atoms with Crippen molar-refractivity contribution in [3.8, 4) is 50.2 Å². The molecule has 56 heavy (non-hydrogen) atoms. The summed E-state index contributed by atoms with van der Waals surface area (Å²) in [6, 6.07) is 83.1. The van der Waals surface area contributed by atoms with Crippen LogP contribution in [0.5, 0.6) is 0 Å². The lowest BCUT2D eigenvalue weighted by Crippen LogP contribution is -2.13. The molecule has 0 unspecified atom stereocenters. The highest BCUT2D eigenvalue weighted by molar-refractivity contribution is 6.17. The van der Waals surface area contributed by atoms with Crippen LogP contribution >= 0.6 is 0 Å². The van der Waals surface area contributed by atoms with Crippen molar-refractivity contribution in [2.75, 3.05) is 4.90 Å². The summed E-state index contributed by atoms with van der Waals surface area (Å²) in [4.78, 5) is 2.50. The number of fused-ring (bicyclic) bond motifs is 3. The van der Waals surface area contributed by atoms with Gasteiger partial charge in [-0.2, -0.15) is 0 Å². The van der Waals surface area contributed by atoms with Crippen LogP contribution in [0.2, 0.25) is 0 Å².